The van der Waals surface area contributed by atoms with Crippen LogP contribution >= 0.6 is 0 Å². The minimum Gasteiger partial charge on any atom is -0.397 e. The summed E-state index contributed by atoms with van der Waals surface area (Å²) >= 11 is 0. The van der Waals surface area contributed by atoms with Crippen molar-refractivity contribution in [1.82, 2.24) is 0 Å². The lowest BCUT2D eigenvalue weighted by molar-refractivity contribution is 1.41. The summed E-state index contributed by atoms with van der Waals surface area (Å²) in [5.74, 6) is 0. The van der Waals surface area contributed by atoms with Crippen LogP contribution in [0.5, 0.6) is 0 Å². The summed E-state index contributed by atoms with van der Waals surface area (Å²) in [4.78, 5) is 0. The highest BCUT2D eigenvalue weighted by Crippen LogP contribution is 1.92. The lowest BCUT2D eigenvalue weighted by Gasteiger charge is -1.92. The molecule has 0 bridgehead atoms. The predicted octanol–water partition coefficient (Wildman–Crippen LogP) is 1.71. The molecule has 11 heavy (non-hydrogen) atoms. The van der Waals surface area contributed by atoms with Gasteiger partial charge in [-0.25, -0.2) is 0 Å². The minimum absolute atomic E-state index is 0.264. The Morgan fingerprint density at radius 1 is 1.27 bits per heavy atom. The zero-order valence-electron chi connectivity index (χ0n) is 7.02. The molecular weight excluding hydrogens is 138 g/mol. The van der Waals surface area contributed by atoms with Gasteiger partial charge in [0.2, 0.25) is 0 Å². The molecule has 3 heteroatoms. The quantitative estimate of drug-likeness (QED) is 0.419. The molecule has 0 heterocycles. The zero-order chi connectivity index (χ0) is 9.28. The van der Waals surface area contributed by atoms with Gasteiger partial charge in [0.25, 0.3) is 0 Å². The molecule has 0 radical (unpaired) electrons. The standard InChI is InChI=1S/C6H9N3.C2H6/c1-2-5(3-7)6(9)4-8;1-2/h2-4,7-8H,1,9H2;1-2H3/b6-5-,7-3?,8-4?;. The zero-order valence-corrected chi connectivity index (χ0v) is 7.02. The first-order valence-corrected chi connectivity index (χ1v) is 3.39. The molecule has 4 N–H and O–H groups in total. The Labute approximate surface area is 67.6 Å². The highest BCUT2D eigenvalue weighted by atomic mass is 14.6. The molecule has 0 aliphatic carbocycles. The van der Waals surface area contributed by atoms with Crippen molar-refractivity contribution in [2.75, 3.05) is 0 Å². The molecule has 62 valence electrons. The first-order valence-electron chi connectivity index (χ1n) is 3.39. The molecule has 0 aliphatic heterocycles. The Balaban J connectivity index is 0. The van der Waals surface area contributed by atoms with Crippen molar-refractivity contribution in [2.24, 2.45) is 5.73 Å². The average Bonchev–Trinajstić information content (AvgIpc) is 2.10. The van der Waals surface area contributed by atoms with E-state index in [9.17, 15) is 0 Å². The first kappa shape index (κ1) is 12.3. The third kappa shape index (κ3) is 5.08. The molecular formula is C8H15N3. The summed E-state index contributed by atoms with van der Waals surface area (Å²) < 4.78 is 0. The lowest BCUT2D eigenvalue weighted by atomic mass is 10.2. The largest absolute Gasteiger partial charge is 0.397 e. The number of hydrogen-bond donors (Lipinski definition) is 3. The van der Waals surface area contributed by atoms with Crippen molar-refractivity contribution >= 4 is 12.4 Å². The maximum Gasteiger partial charge on any atom is 0.0581 e. The molecule has 3 nitrogen and oxygen atoms in total. The summed E-state index contributed by atoms with van der Waals surface area (Å²) in [7, 11) is 0. The summed E-state index contributed by atoms with van der Waals surface area (Å²) in [6.07, 6.45) is 3.49. The van der Waals surface area contributed by atoms with Crippen LogP contribution in [0.3, 0.4) is 0 Å². The van der Waals surface area contributed by atoms with Gasteiger partial charge >= 0.3 is 0 Å². The lowest BCUT2D eigenvalue weighted by Crippen LogP contribution is -2.02. The van der Waals surface area contributed by atoms with Crippen molar-refractivity contribution in [2.45, 2.75) is 13.8 Å². The summed E-state index contributed by atoms with van der Waals surface area (Å²) in [5, 5.41) is 13.4. The monoisotopic (exact) mass is 153 g/mol. The second kappa shape index (κ2) is 8.62. The summed E-state index contributed by atoms with van der Waals surface area (Å²) in [5.41, 5.74) is 5.99. The Hall–Kier alpha value is -1.38. The highest BCUT2D eigenvalue weighted by molar-refractivity contribution is 5.90. The molecule has 0 rings (SSSR count). The van der Waals surface area contributed by atoms with Crippen molar-refractivity contribution < 1.29 is 0 Å². The van der Waals surface area contributed by atoms with Crippen LogP contribution in [0.1, 0.15) is 13.8 Å². The average molecular weight is 153 g/mol. The SMILES string of the molecule is C=C/C(C=N)=C(/N)C=N.CC. The van der Waals surface area contributed by atoms with Gasteiger partial charge in [-0.05, 0) is 0 Å². The van der Waals surface area contributed by atoms with Gasteiger partial charge in [-0.3, -0.25) is 0 Å². The van der Waals surface area contributed by atoms with E-state index < -0.39 is 0 Å². The Morgan fingerprint density at radius 3 is 1.82 bits per heavy atom. The van der Waals surface area contributed by atoms with Gasteiger partial charge in [-0.1, -0.05) is 26.5 Å². The van der Waals surface area contributed by atoms with Crippen LogP contribution in [-0.2, 0) is 0 Å². The number of allylic oxidation sites excluding steroid dienone is 3. The van der Waals surface area contributed by atoms with E-state index in [0.29, 0.717) is 5.57 Å². The van der Waals surface area contributed by atoms with Crippen LogP contribution in [0, 0.1) is 10.8 Å². The Bertz CT molecular complexity index is 158. The second-order valence-electron chi connectivity index (χ2n) is 1.40. The van der Waals surface area contributed by atoms with E-state index >= 15 is 0 Å². The predicted molar refractivity (Wildman–Crippen MR) is 50.3 cm³/mol. The van der Waals surface area contributed by atoms with Gasteiger partial charge in [-0.15, -0.1) is 0 Å². The molecule has 0 aromatic heterocycles. The number of nitrogens with one attached hydrogen (secondary N) is 2. The van der Waals surface area contributed by atoms with E-state index in [-0.39, 0.29) is 5.70 Å². The highest BCUT2D eigenvalue weighted by Gasteiger charge is 1.88. The fourth-order valence-electron chi connectivity index (χ4n) is 0.343. The van der Waals surface area contributed by atoms with Crippen molar-refractivity contribution in [3.63, 3.8) is 0 Å². The molecule has 0 saturated carbocycles. The molecule has 0 saturated heterocycles. The van der Waals surface area contributed by atoms with Gasteiger partial charge in [0.15, 0.2) is 0 Å². The maximum absolute atomic E-state index is 6.76. The molecule has 0 atom stereocenters. The third-order valence-electron chi connectivity index (χ3n) is 0.864. The van der Waals surface area contributed by atoms with Gasteiger partial charge < -0.3 is 16.6 Å². The van der Waals surface area contributed by atoms with Crippen LogP contribution in [0.15, 0.2) is 23.9 Å². The summed E-state index contributed by atoms with van der Waals surface area (Å²) in [6, 6.07) is 0. The molecule has 0 aliphatic rings. The molecule has 0 aromatic rings. The number of rotatable bonds is 3. The van der Waals surface area contributed by atoms with Crippen LogP contribution in [-0.4, -0.2) is 12.4 Å². The molecule has 0 aromatic carbocycles. The fourth-order valence-corrected chi connectivity index (χ4v) is 0.343. The van der Waals surface area contributed by atoms with E-state index in [1.807, 2.05) is 13.8 Å². The topological polar surface area (TPSA) is 73.7 Å². The molecule has 0 amide bonds. The minimum atomic E-state index is 0.264. The Morgan fingerprint density at radius 2 is 1.73 bits per heavy atom. The van der Waals surface area contributed by atoms with Gasteiger partial charge in [0.05, 0.1) is 5.70 Å². The Kier molecular flexibility index (Phi) is 9.65. The van der Waals surface area contributed by atoms with Crippen LogP contribution in [0.4, 0.5) is 0 Å². The number of nitrogens with two attached hydrogens (primary N) is 1. The van der Waals surface area contributed by atoms with Crippen molar-refractivity contribution in [1.29, 1.82) is 10.8 Å². The van der Waals surface area contributed by atoms with Gasteiger partial charge in [-0.2, -0.15) is 0 Å². The van der Waals surface area contributed by atoms with E-state index in [2.05, 4.69) is 6.58 Å². The molecule has 0 fully saturated rings. The van der Waals surface area contributed by atoms with Crippen LogP contribution < -0.4 is 5.73 Å². The third-order valence-corrected chi connectivity index (χ3v) is 0.864. The van der Waals surface area contributed by atoms with Crippen molar-refractivity contribution in [3.05, 3.63) is 23.9 Å². The molecule has 0 spiro atoms. The normalized spacial score (nSPS) is 10.0. The molecule has 0 unspecified atom stereocenters. The first-order chi connectivity index (χ1) is 5.26. The van der Waals surface area contributed by atoms with Gasteiger partial charge in [0.1, 0.15) is 0 Å². The second-order valence-corrected chi connectivity index (χ2v) is 1.40. The number of hydrogen-bond acceptors (Lipinski definition) is 3. The fraction of sp³-hybridized carbons (Fsp3) is 0.250. The van der Waals surface area contributed by atoms with Crippen molar-refractivity contribution in [3.8, 4) is 0 Å². The van der Waals surface area contributed by atoms with E-state index in [4.69, 9.17) is 16.6 Å². The summed E-state index contributed by atoms with van der Waals surface area (Å²) in [6.45, 7) is 7.41. The smallest absolute Gasteiger partial charge is 0.0581 e. The maximum atomic E-state index is 6.76. The van der Waals surface area contributed by atoms with Crippen LogP contribution in [0.25, 0.3) is 0 Å². The van der Waals surface area contributed by atoms with E-state index in [1.165, 1.54) is 6.08 Å². The van der Waals surface area contributed by atoms with Gasteiger partial charge in [0, 0.05) is 18.0 Å². The van der Waals surface area contributed by atoms with E-state index in [0.717, 1.165) is 12.4 Å². The van der Waals surface area contributed by atoms with Crippen LogP contribution in [0.2, 0.25) is 0 Å². The van der Waals surface area contributed by atoms with E-state index in [1.54, 1.807) is 0 Å².